The molecular formula is C15H28BrN3. The molecule has 3 nitrogen and oxygen atoms in total. The highest BCUT2D eigenvalue weighted by Gasteiger charge is 2.21. The lowest BCUT2D eigenvalue weighted by Gasteiger charge is -2.27. The van der Waals surface area contributed by atoms with Crippen molar-refractivity contribution in [3.8, 4) is 0 Å². The number of hydrogen-bond donors (Lipinski definition) is 1. The topological polar surface area (TPSA) is 29.9 Å². The molecular weight excluding hydrogens is 302 g/mol. The van der Waals surface area contributed by atoms with Gasteiger partial charge < -0.3 is 5.32 Å². The van der Waals surface area contributed by atoms with Gasteiger partial charge in [-0.1, -0.05) is 27.7 Å². The van der Waals surface area contributed by atoms with Gasteiger partial charge in [-0.2, -0.15) is 5.10 Å². The summed E-state index contributed by atoms with van der Waals surface area (Å²) in [5.41, 5.74) is 2.70. The van der Waals surface area contributed by atoms with Crippen LogP contribution in [0.4, 0.5) is 0 Å². The first kappa shape index (κ1) is 16.7. The van der Waals surface area contributed by atoms with Crippen LogP contribution < -0.4 is 5.32 Å². The molecule has 1 heterocycles. The maximum Gasteiger partial charge on any atom is 0.0738 e. The summed E-state index contributed by atoms with van der Waals surface area (Å²) in [6.07, 6.45) is 3.37. The fourth-order valence-electron chi connectivity index (χ4n) is 2.44. The summed E-state index contributed by atoms with van der Waals surface area (Å²) in [5.74, 6) is 0. The molecule has 0 aliphatic heterocycles. The maximum atomic E-state index is 4.48. The molecule has 0 bridgehead atoms. The fourth-order valence-corrected chi connectivity index (χ4v) is 2.94. The standard InChI is InChI=1S/C15H28BrN3/c1-7-8-17-12(10-15(3,4)5)9-13-14(16)11(2)18-19(13)6/h12,17H,7-10H2,1-6H3. The Morgan fingerprint density at radius 3 is 2.42 bits per heavy atom. The van der Waals surface area contributed by atoms with Crippen molar-refractivity contribution in [3.05, 3.63) is 15.9 Å². The Morgan fingerprint density at radius 1 is 1.37 bits per heavy atom. The highest BCUT2D eigenvalue weighted by Crippen LogP contribution is 2.26. The smallest absolute Gasteiger partial charge is 0.0738 e. The summed E-state index contributed by atoms with van der Waals surface area (Å²) in [6, 6.07) is 0.506. The second kappa shape index (κ2) is 6.89. The van der Waals surface area contributed by atoms with E-state index in [2.05, 4.69) is 54.0 Å². The third-order valence-electron chi connectivity index (χ3n) is 3.24. The monoisotopic (exact) mass is 329 g/mol. The molecule has 0 saturated heterocycles. The molecule has 1 unspecified atom stereocenters. The number of nitrogens with one attached hydrogen (secondary N) is 1. The van der Waals surface area contributed by atoms with Crippen LogP contribution in [0.25, 0.3) is 0 Å². The van der Waals surface area contributed by atoms with E-state index in [1.165, 1.54) is 18.5 Å². The molecule has 0 aliphatic rings. The molecule has 1 aromatic rings. The molecule has 0 aromatic carbocycles. The molecule has 0 amide bonds. The Kier molecular flexibility index (Phi) is 6.06. The number of halogens is 1. The summed E-state index contributed by atoms with van der Waals surface area (Å²) in [7, 11) is 2.03. The van der Waals surface area contributed by atoms with Gasteiger partial charge in [0.15, 0.2) is 0 Å². The zero-order valence-corrected chi connectivity index (χ0v) is 14.8. The van der Waals surface area contributed by atoms with E-state index < -0.39 is 0 Å². The zero-order chi connectivity index (χ0) is 14.6. The van der Waals surface area contributed by atoms with Crippen molar-refractivity contribution in [3.63, 3.8) is 0 Å². The van der Waals surface area contributed by atoms with E-state index in [1.54, 1.807) is 0 Å². The van der Waals surface area contributed by atoms with E-state index in [-0.39, 0.29) is 0 Å². The highest BCUT2D eigenvalue weighted by molar-refractivity contribution is 9.10. The summed E-state index contributed by atoms with van der Waals surface area (Å²) in [4.78, 5) is 0. The van der Waals surface area contributed by atoms with Crippen LogP contribution in [0, 0.1) is 12.3 Å². The van der Waals surface area contributed by atoms with Crippen molar-refractivity contribution < 1.29 is 0 Å². The van der Waals surface area contributed by atoms with Gasteiger partial charge >= 0.3 is 0 Å². The third kappa shape index (κ3) is 5.27. The first-order valence-electron chi connectivity index (χ1n) is 7.16. The summed E-state index contributed by atoms with van der Waals surface area (Å²) in [6.45, 7) is 12.2. The normalized spacial score (nSPS) is 13.8. The van der Waals surface area contributed by atoms with Gasteiger partial charge in [0.1, 0.15) is 0 Å². The molecule has 4 heteroatoms. The second-order valence-corrected chi connectivity index (χ2v) is 7.38. The zero-order valence-electron chi connectivity index (χ0n) is 13.2. The molecule has 0 saturated carbocycles. The molecule has 1 atom stereocenters. The second-order valence-electron chi connectivity index (χ2n) is 6.59. The lowest BCUT2D eigenvalue weighted by atomic mass is 9.86. The van der Waals surface area contributed by atoms with Gasteiger partial charge in [-0.15, -0.1) is 0 Å². The van der Waals surface area contributed by atoms with Crippen LogP contribution in [0.3, 0.4) is 0 Å². The van der Waals surface area contributed by atoms with E-state index >= 15 is 0 Å². The minimum atomic E-state index is 0.339. The van der Waals surface area contributed by atoms with E-state index in [4.69, 9.17) is 0 Å². The van der Waals surface area contributed by atoms with Crippen LogP contribution in [0.15, 0.2) is 4.47 Å². The Hall–Kier alpha value is -0.350. The molecule has 110 valence electrons. The number of hydrogen-bond acceptors (Lipinski definition) is 2. The lowest BCUT2D eigenvalue weighted by Crippen LogP contribution is -2.36. The Bertz CT molecular complexity index is 404. The molecule has 1 rings (SSSR count). The average Bonchev–Trinajstić information content (AvgIpc) is 2.51. The van der Waals surface area contributed by atoms with E-state index in [0.717, 1.165) is 23.1 Å². The van der Waals surface area contributed by atoms with Gasteiger partial charge in [-0.3, -0.25) is 4.68 Å². The number of nitrogens with zero attached hydrogens (tertiary/aromatic N) is 2. The maximum absolute atomic E-state index is 4.48. The highest BCUT2D eigenvalue weighted by atomic mass is 79.9. The van der Waals surface area contributed by atoms with Gasteiger partial charge in [0.05, 0.1) is 15.9 Å². The van der Waals surface area contributed by atoms with Crippen LogP contribution >= 0.6 is 15.9 Å². The summed E-state index contributed by atoms with van der Waals surface area (Å²) < 4.78 is 3.16. The lowest BCUT2D eigenvalue weighted by molar-refractivity contribution is 0.304. The molecule has 19 heavy (non-hydrogen) atoms. The van der Waals surface area contributed by atoms with E-state index in [9.17, 15) is 0 Å². The summed E-state index contributed by atoms with van der Waals surface area (Å²) >= 11 is 3.67. The van der Waals surface area contributed by atoms with Crippen LogP contribution in [0.1, 0.15) is 51.9 Å². The predicted molar refractivity (Wildman–Crippen MR) is 85.5 cm³/mol. The summed E-state index contributed by atoms with van der Waals surface area (Å²) in [5, 5.41) is 8.16. The van der Waals surface area contributed by atoms with Crippen molar-refractivity contribution in [2.45, 2.75) is 59.9 Å². The Balaban J connectivity index is 2.81. The van der Waals surface area contributed by atoms with Crippen molar-refractivity contribution >= 4 is 15.9 Å². The number of aromatic nitrogens is 2. The van der Waals surface area contributed by atoms with Crippen molar-refractivity contribution in [2.24, 2.45) is 12.5 Å². The quantitative estimate of drug-likeness (QED) is 0.859. The van der Waals surface area contributed by atoms with Crippen LogP contribution in [0.5, 0.6) is 0 Å². The molecule has 0 spiro atoms. The molecule has 0 radical (unpaired) electrons. The molecule has 1 N–H and O–H groups in total. The van der Waals surface area contributed by atoms with E-state index in [1.807, 2.05) is 18.7 Å². The number of rotatable bonds is 6. The van der Waals surface area contributed by atoms with Crippen molar-refractivity contribution in [1.29, 1.82) is 0 Å². The minimum Gasteiger partial charge on any atom is -0.314 e. The predicted octanol–water partition coefficient (Wildman–Crippen LogP) is 3.84. The molecule has 0 fully saturated rings. The van der Waals surface area contributed by atoms with Crippen LogP contribution in [0.2, 0.25) is 0 Å². The third-order valence-corrected chi connectivity index (χ3v) is 4.27. The molecule has 1 aromatic heterocycles. The Labute approximate surface area is 126 Å². The SMILES string of the molecule is CCCNC(Cc1c(Br)c(C)nn1C)CC(C)(C)C. The van der Waals surface area contributed by atoms with Crippen molar-refractivity contribution in [2.75, 3.05) is 6.54 Å². The minimum absolute atomic E-state index is 0.339. The first-order valence-corrected chi connectivity index (χ1v) is 7.95. The van der Waals surface area contributed by atoms with Gasteiger partial charge in [-0.25, -0.2) is 0 Å². The average molecular weight is 330 g/mol. The van der Waals surface area contributed by atoms with Gasteiger partial charge in [-0.05, 0) is 47.7 Å². The van der Waals surface area contributed by atoms with E-state index in [0.29, 0.717) is 11.5 Å². The van der Waals surface area contributed by atoms with Crippen LogP contribution in [-0.4, -0.2) is 22.4 Å². The Morgan fingerprint density at radius 2 is 2.00 bits per heavy atom. The van der Waals surface area contributed by atoms with Gasteiger partial charge in [0, 0.05) is 19.5 Å². The largest absolute Gasteiger partial charge is 0.314 e. The van der Waals surface area contributed by atoms with Gasteiger partial charge in [0.2, 0.25) is 0 Å². The first-order chi connectivity index (χ1) is 8.74. The van der Waals surface area contributed by atoms with Crippen LogP contribution in [-0.2, 0) is 13.5 Å². The van der Waals surface area contributed by atoms with Crippen molar-refractivity contribution in [1.82, 2.24) is 15.1 Å². The van der Waals surface area contributed by atoms with Gasteiger partial charge in [0.25, 0.3) is 0 Å². The molecule has 0 aliphatic carbocycles. The fraction of sp³-hybridized carbons (Fsp3) is 0.800. The number of aryl methyl sites for hydroxylation is 2.